The van der Waals surface area contributed by atoms with Crippen LogP contribution < -0.4 is 4.90 Å². The number of halogens is 3. The molecule has 0 aromatic carbocycles. The molecule has 122 valence electrons. The fourth-order valence-electron chi connectivity index (χ4n) is 2.31. The molecule has 0 radical (unpaired) electrons. The number of carboxylic acids is 1. The lowest BCUT2D eigenvalue weighted by molar-refractivity contribution is -0.0222. The van der Waals surface area contributed by atoms with E-state index in [9.17, 15) is 18.0 Å². The van der Waals surface area contributed by atoms with E-state index in [2.05, 4.69) is 15.3 Å². The standard InChI is InChI=1S/C13H12F3N5O2/c14-9-5-8(21-7-10(12(22)23)18-19-21)6-17-11(9)20-3-1-13(15,16)2-4-20/h5-7H,1-4H2,(H,22,23). The Kier molecular flexibility index (Phi) is 3.66. The molecule has 0 saturated carbocycles. The lowest BCUT2D eigenvalue weighted by Gasteiger charge is -2.32. The summed E-state index contributed by atoms with van der Waals surface area (Å²) >= 11 is 0. The third kappa shape index (κ3) is 3.10. The van der Waals surface area contributed by atoms with Crippen LogP contribution in [0.5, 0.6) is 0 Å². The molecule has 1 N–H and O–H groups in total. The van der Waals surface area contributed by atoms with E-state index in [1.807, 2.05) is 0 Å². The highest BCUT2D eigenvalue weighted by Gasteiger charge is 2.35. The van der Waals surface area contributed by atoms with Gasteiger partial charge in [0, 0.05) is 32.0 Å². The molecule has 1 aliphatic heterocycles. The lowest BCUT2D eigenvalue weighted by atomic mass is 10.1. The Balaban J connectivity index is 1.82. The van der Waals surface area contributed by atoms with Crippen LogP contribution in [0.4, 0.5) is 19.0 Å². The molecule has 10 heteroatoms. The third-order valence-electron chi connectivity index (χ3n) is 3.58. The van der Waals surface area contributed by atoms with Crippen LogP contribution in [0, 0.1) is 5.82 Å². The number of hydrogen-bond acceptors (Lipinski definition) is 5. The molecule has 23 heavy (non-hydrogen) atoms. The summed E-state index contributed by atoms with van der Waals surface area (Å²) in [5.41, 5.74) is -0.0960. The number of hydrogen-bond donors (Lipinski definition) is 1. The van der Waals surface area contributed by atoms with Crippen LogP contribution in [-0.4, -0.2) is 50.1 Å². The maximum Gasteiger partial charge on any atom is 0.358 e. The number of pyridine rings is 1. The average Bonchev–Trinajstić information content (AvgIpc) is 2.98. The Morgan fingerprint density at radius 1 is 1.30 bits per heavy atom. The van der Waals surface area contributed by atoms with Crippen molar-refractivity contribution in [1.82, 2.24) is 20.0 Å². The highest BCUT2D eigenvalue weighted by molar-refractivity contribution is 5.84. The minimum Gasteiger partial charge on any atom is -0.476 e. The van der Waals surface area contributed by atoms with E-state index in [1.165, 1.54) is 11.1 Å². The van der Waals surface area contributed by atoms with Gasteiger partial charge in [-0.15, -0.1) is 5.10 Å². The van der Waals surface area contributed by atoms with E-state index in [1.54, 1.807) is 0 Å². The summed E-state index contributed by atoms with van der Waals surface area (Å²) in [7, 11) is 0. The van der Waals surface area contributed by atoms with Crippen molar-refractivity contribution in [2.75, 3.05) is 18.0 Å². The molecular formula is C13H12F3N5O2. The van der Waals surface area contributed by atoms with Crippen LogP contribution >= 0.6 is 0 Å². The molecule has 2 aromatic rings. The maximum absolute atomic E-state index is 14.2. The van der Waals surface area contributed by atoms with E-state index in [0.29, 0.717) is 0 Å². The minimum absolute atomic E-state index is 0.0113. The van der Waals surface area contributed by atoms with Crippen molar-refractivity contribution in [2.45, 2.75) is 18.8 Å². The number of piperidine rings is 1. The Hall–Kier alpha value is -2.65. The number of rotatable bonds is 3. The van der Waals surface area contributed by atoms with Gasteiger partial charge in [-0.1, -0.05) is 5.21 Å². The molecule has 1 saturated heterocycles. The number of anilines is 1. The topological polar surface area (TPSA) is 84.1 Å². The summed E-state index contributed by atoms with van der Waals surface area (Å²) in [5, 5.41) is 15.8. The van der Waals surface area contributed by atoms with Crippen LogP contribution in [0.3, 0.4) is 0 Å². The highest BCUT2D eigenvalue weighted by atomic mass is 19.3. The molecule has 1 fully saturated rings. The molecule has 3 rings (SSSR count). The molecule has 0 amide bonds. The van der Waals surface area contributed by atoms with Gasteiger partial charge in [0.2, 0.25) is 0 Å². The zero-order chi connectivity index (χ0) is 16.6. The normalized spacial score (nSPS) is 17.3. The fraction of sp³-hybridized carbons (Fsp3) is 0.385. The second kappa shape index (κ2) is 5.52. The van der Waals surface area contributed by atoms with E-state index >= 15 is 0 Å². The zero-order valence-electron chi connectivity index (χ0n) is 11.8. The Morgan fingerprint density at radius 2 is 2.00 bits per heavy atom. The van der Waals surface area contributed by atoms with Crippen LogP contribution in [0.25, 0.3) is 5.69 Å². The number of nitrogens with zero attached hydrogens (tertiary/aromatic N) is 5. The summed E-state index contributed by atoms with van der Waals surface area (Å²) in [6, 6.07) is 1.11. The van der Waals surface area contributed by atoms with E-state index in [-0.39, 0.29) is 43.1 Å². The van der Waals surface area contributed by atoms with Crippen LogP contribution in [0.2, 0.25) is 0 Å². The van der Waals surface area contributed by atoms with Gasteiger partial charge in [-0.25, -0.2) is 27.6 Å². The lowest BCUT2D eigenvalue weighted by Crippen LogP contribution is -2.40. The second-order valence-corrected chi connectivity index (χ2v) is 5.20. The molecule has 0 bridgehead atoms. The molecule has 0 atom stereocenters. The van der Waals surface area contributed by atoms with E-state index in [4.69, 9.17) is 5.11 Å². The third-order valence-corrected chi connectivity index (χ3v) is 3.58. The maximum atomic E-state index is 14.2. The number of carboxylic acid groups (broad SMARTS) is 1. The molecule has 7 nitrogen and oxygen atoms in total. The molecule has 3 heterocycles. The molecule has 2 aromatic heterocycles. The Labute approximate surface area is 128 Å². The summed E-state index contributed by atoms with van der Waals surface area (Å²) in [6.45, 7) is 0.0332. The van der Waals surface area contributed by atoms with E-state index in [0.717, 1.165) is 16.9 Å². The SMILES string of the molecule is O=C(O)c1cn(-c2cnc(N3CCC(F)(F)CC3)c(F)c2)nn1. The predicted octanol–water partition coefficient (Wildman–Crippen LogP) is 1.74. The zero-order valence-corrected chi connectivity index (χ0v) is 11.8. The van der Waals surface area contributed by atoms with Crippen molar-refractivity contribution >= 4 is 11.8 Å². The van der Waals surface area contributed by atoms with Gasteiger partial charge in [0.15, 0.2) is 17.3 Å². The Bertz CT molecular complexity index is 739. The molecule has 1 aliphatic rings. The summed E-state index contributed by atoms with van der Waals surface area (Å²) in [6.07, 6.45) is 1.72. The highest BCUT2D eigenvalue weighted by Crippen LogP contribution is 2.30. The molecule has 0 unspecified atom stereocenters. The first kappa shape index (κ1) is 15.3. The van der Waals surface area contributed by atoms with Crippen LogP contribution in [-0.2, 0) is 0 Å². The minimum atomic E-state index is -2.72. The first-order valence-corrected chi connectivity index (χ1v) is 6.80. The van der Waals surface area contributed by atoms with Gasteiger partial charge in [0.05, 0.1) is 18.1 Å². The van der Waals surface area contributed by atoms with Gasteiger partial charge in [0.1, 0.15) is 0 Å². The van der Waals surface area contributed by atoms with Gasteiger partial charge in [-0.2, -0.15) is 0 Å². The van der Waals surface area contributed by atoms with Gasteiger partial charge in [-0.3, -0.25) is 0 Å². The molecule has 0 spiro atoms. The molecule has 0 aliphatic carbocycles. The van der Waals surface area contributed by atoms with Crippen molar-refractivity contribution in [2.24, 2.45) is 0 Å². The predicted molar refractivity (Wildman–Crippen MR) is 72.5 cm³/mol. The average molecular weight is 327 g/mol. The number of aromatic nitrogens is 4. The van der Waals surface area contributed by atoms with Crippen LogP contribution in [0.15, 0.2) is 18.5 Å². The van der Waals surface area contributed by atoms with Crippen molar-refractivity contribution in [3.63, 3.8) is 0 Å². The van der Waals surface area contributed by atoms with Gasteiger partial charge >= 0.3 is 5.97 Å². The smallest absolute Gasteiger partial charge is 0.358 e. The number of aromatic carboxylic acids is 1. The van der Waals surface area contributed by atoms with Crippen molar-refractivity contribution in [3.8, 4) is 5.69 Å². The van der Waals surface area contributed by atoms with Crippen molar-refractivity contribution in [3.05, 3.63) is 30.0 Å². The van der Waals surface area contributed by atoms with Crippen molar-refractivity contribution < 1.29 is 23.1 Å². The molecular weight excluding hydrogens is 315 g/mol. The van der Waals surface area contributed by atoms with Gasteiger partial charge in [0.25, 0.3) is 5.92 Å². The van der Waals surface area contributed by atoms with Crippen molar-refractivity contribution in [1.29, 1.82) is 0 Å². The monoisotopic (exact) mass is 327 g/mol. The first-order chi connectivity index (χ1) is 10.9. The summed E-state index contributed by atoms with van der Waals surface area (Å²) in [4.78, 5) is 16.2. The summed E-state index contributed by atoms with van der Waals surface area (Å²) < 4.78 is 41.6. The quantitative estimate of drug-likeness (QED) is 0.924. The second-order valence-electron chi connectivity index (χ2n) is 5.20. The first-order valence-electron chi connectivity index (χ1n) is 6.80. The Morgan fingerprint density at radius 3 is 2.57 bits per heavy atom. The van der Waals surface area contributed by atoms with Gasteiger partial charge < -0.3 is 10.0 Å². The largest absolute Gasteiger partial charge is 0.476 e. The number of carbonyl (C=O) groups is 1. The van der Waals surface area contributed by atoms with E-state index < -0.39 is 17.7 Å². The number of alkyl halides is 2. The fourth-order valence-corrected chi connectivity index (χ4v) is 2.31. The van der Waals surface area contributed by atoms with Crippen LogP contribution in [0.1, 0.15) is 23.3 Å². The van der Waals surface area contributed by atoms with Gasteiger partial charge in [-0.05, 0) is 0 Å². The summed E-state index contributed by atoms with van der Waals surface area (Å²) in [5.74, 6) is -4.68.